The van der Waals surface area contributed by atoms with Gasteiger partial charge >= 0.3 is 0 Å². The van der Waals surface area contributed by atoms with Crippen LogP contribution in [0.5, 0.6) is 0 Å². The van der Waals surface area contributed by atoms with E-state index in [9.17, 15) is 0 Å². The number of piperidine rings is 1. The average Bonchev–Trinajstić information content (AvgIpc) is 3.53. The Morgan fingerprint density at radius 1 is 0.969 bits per heavy atom. The molecule has 5 rings (SSSR count). The zero-order valence-corrected chi connectivity index (χ0v) is 20.2. The van der Waals surface area contributed by atoms with Gasteiger partial charge in [0.05, 0.1) is 0 Å². The Bertz CT molecular complexity index is 987. The summed E-state index contributed by atoms with van der Waals surface area (Å²) in [5.41, 5.74) is 2.42. The summed E-state index contributed by atoms with van der Waals surface area (Å²) in [5, 5.41) is 2.05. The molecule has 32 heavy (non-hydrogen) atoms. The molecule has 0 spiro atoms. The highest BCUT2D eigenvalue weighted by molar-refractivity contribution is 7.99. The summed E-state index contributed by atoms with van der Waals surface area (Å²) in [7, 11) is 0. The Balaban J connectivity index is 1.16. The summed E-state index contributed by atoms with van der Waals surface area (Å²) in [4.78, 5) is 20.6. The van der Waals surface area contributed by atoms with Crippen molar-refractivity contribution < 1.29 is 0 Å². The number of benzene rings is 1. The van der Waals surface area contributed by atoms with Crippen molar-refractivity contribution in [3.8, 4) is 10.6 Å². The molecule has 2 aromatic heterocycles. The maximum absolute atomic E-state index is 4.94. The number of likely N-dealkylation sites (tertiary alicyclic amines) is 2. The lowest BCUT2D eigenvalue weighted by atomic mass is 9.94. The van der Waals surface area contributed by atoms with E-state index in [0.717, 1.165) is 42.1 Å². The summed E-state index contributed by atoms with van der Waals surface area (Å²) in [6.07, 6.45) is 9.14. The van der Waals surface area contributed by atoms with Crippen LogP contribution >= 0.6 is 23.1 Å². The smallest absolute Gasteiger partial charge is 0.187 e. The molecule has 0 radical (unpaired) electrons. The van der Waals surface area contributed by atoms with Crippen LogP contribution in [0, 0.1) is 0 Å². The van der Waals surface area contributed by atoms with Gasteiger partial charge in [-0.2, -0.15) is 0 Å². The van der Waals surface area contributed by atoms with Crippen molar-refractivity contribution in [2.24, 2.45) is 0 Å². The van der Waals surface area contributed by atoms with Crippen LogP contribution in [0.25, 0.3) is 10.6 Å². The van der Waals surface area contributed by atoms with Gasteiger partial charge in [0.2, 0.25) is 0 Å². The van der Waals surface area contributed by atoms with Crippen LogP contribution in [-0.4, -0.2) is 63.2 Å². The Labute approximate surface area is 199 Å². The molecule has 1 atom stereocenters. The highest BCUT2D eigenvalue weighted by atomic mass is 32.2. The predicted molar refractivity (Wildman–Crippen MR) is 133 cm³/mol. The molecule has 2 aliphatic heterocycles. The first kappa shape index (κ1) is 22.0. The number of thiazole rings is 1. The van der Waals surface area contributed by atoms with Crippen molar-refractivity contribution in [1.82, 2.24) is 24.8 Å². The third-order valence-electron chi connectivity index (χ3n) is 6.37. The standard InChI is InChI=1S/C25H31N5S2/c1-2-7-20(8-3-1)24-27-17-22(32-24)19-30-14-6-9-21(18-30)23-10-11-26-25(28-23)31-16-15-29-12-4-5-13-29/h1-3,7-8,10-11,17,21H,4-6,9,12-16,18-19H2. The van der Waals surface area contributed by atoms with Crippen molar-refractivity contribution in [2.75, 3.05) is 38.5 Å². The lowest BCUT2D eigenvalue weighted by Crippen LogP contribution is -2.34. The molecule has 2 aliphatic rings. The van der Waals surface area contributed by atoms with E-state index in [4.69, 9.17) is 4.98 Å². The molecule has 168 valence electrons. The van der Waals surface area contributed by atoms with E-state index >= 15 is 0 Å². The van der Waals surface area contributed by atoms with Gasteiger partial charge in [-0.3, -0.25) is 4.90 Å². The number of hydrogen-bond acceptors (Lipinski definition) is 7. The van der Waals surface area contributed by atoms with Crippen LogP contribution in [0.2, 0.25) is 0 Å². The number of nitrogens with zero attached hydrogens (tertiary/aromatic N) is 5. The minimum atomic E-state index is 0.492. The second-order valence-corrected chi connectivity index (χ2v) is 10.9. The SMILES string of the molecule is c1ccc(-c2ncc(CN3CCCC(c4ccnc(SCCN5CCCC5)n4)C3)s2)cc1. The fourth-order valence-electron chi connectivity index (χ4n) is 4.68. The molecule has 0 N–H and O–H groups in total. The van der Waals surface area contributed by atoms with Gasteiger partial charge < -0.3 is 4.90 Å². The molecule has 1 unspecified atom stereocenters. The van der Waals surface area contributed by atoms with Gasteiger partial charge in [-0.15, -0.1) is 11.3 Å². The fourth-order valence-corrected chi connectivity index (χ4v) is 6.48. The molecular formula is C25H31N5S2. The van der Waals surface area contributed by atoms with E-state index in [-0.39, 0.29) is 0 Å². The Morgan fingerprint density at radius 3 is 2.69 bits per heavy atom. The van der Waals surface area contributed by atoms with Crippen molar-refractivity contribution in [3.63, 3.8) is 0 Å². The van der Waals surface area contributed by atoms with Crippen molar-refractivity contribution in [1.29, 1.82) is 0 Å². The minimum absolute atomic E-state index is 0.492. The number of hydrogen-bond donors (Lipinski definition) is 0. The molecule has 0 aliphatic carbocycles. The number of rotatable bonds is 8. The van der Waals surface area contributed by atoms with E-state index in [2.05, 4.69) is 62.4 Å². The number of thioether (sulfide) groups is 1. The van der Waals surface area contributed by atoms with Crippen LogP contribution in [-0.2, 0) is 6.54 Å². The van der Waals surface area contributed by atoms with E-state index in [1.807, 2.05) is 17.5 Å². The van der Waals surface area contributed by atoms with Crippen LogP contribution in [0.4, 0.5) is 0 Å². The van der Waals surface area contributed by atoms with Crippen LogP contribution in [0.3, 0.4) is 0 Å². The lowest BCUT2D eigenvalue weighted by Gasteiger charge is -2.32. The van der Waals surface area contributed by atoms with Crippen molar-refractivity contribution >= 4 is 23.1 Å². The van der Waals surface area contributed by atoms with Crippen molar-refractivity contribution in [3.05, 3.63) is 59.4 Å². The van der Waals surface area contributed by atoms with Crippen LogP contribution in [0.1, 0.15) is 42.2 Å². The molecule has 7 heteroatoms. The van der Waals surface area contributed by atoms with Crippen LogP contribution < -0.4 is 0 Å². The molecule has 2 saturated heterocycles. The Morgan fingerprint density at radius 2 is 1.81 bits per heavy atom. The zero-order valence-electron chi connectivity index (χ0n) is 18.5. The van der Waals surface area contributed by atoms with Crippen LogP contribution in [0.15, 0.2) is 53.9 Å². The van der Waals surface area contributed by atoms with Gasteiger partial charge in [0, 0.05) is 59.8 Å². The minimum Gasteiger partial charge on any atom is -0.303 e. The van der Waals surface area contributed by atoms with E-state index < -0.39 is 0 Å². The highest BCUT2D eigenvalue weighted by Crippen LogP contribution is 2.30. The van der Waals surface area contributed by atoms with Gasteiger partial charge in [0.25, 0.3) is 0 Å². The summed E-state index contributed by atoms with van der Waals surface area (Å²) in [6, 6.07) is 12.6. The maximum Gasteiger partial charge on any atom is 0.187 e. The third-order valence-corrected chi connectivity index (χ3v) is 8.24. The van der Waals surface area contributed by atoms with Crippen molar-refractivity contribution in [2.45, 2.75) is 43.3 Å². The molecule has 0 amide bonds. The largest absolute Gasteiger partial charge is 0.303 e. The van der Waals surface area contributed by atoms with Gasteiger partial charge in [0.1, 0.15) is 5.01 Å². The highest BCUT2D eigenvalue weighted by Gasteiger charge is 2.23. The monoisotopic (exact) mass is 465 g/mol. The average molecular weight is 466 g/mol. The normalized spacial score (nSPS) is 20.1. The first-order chi connectivity index (χ1) is 15.8. The Kier molecular flexibility index (Phi) is 7.48. The first-order valence-electron chi connectivity index (χ1n) is 11.7. The number of aromatic nitrogens is 3. The van der Waals surface area contributed by atoms with E-state index in [1.54, 1.807) is 11.8 Å². The predicted octanol–water partition coefficient (Wildman–Crippen LogP) is 5.17. The molecule has 0 bridgehead atoms. The third kappa shape index (κ3) is 5.76. The maximum atomic E-state index is 4.94. The van der Waals surface area contributed by atoms with E-state index in [1.165, 1.54) is 54.9 Å². The summed E-state index contributed by atoms with van der Waals surface area (Å²) in [5.74, 6) is 1.57. The lowest BCUT2D eigenvalue weighted by molar-refractivity contribution is 0.199. The van der Waals surface area contributed by atoms with Gasteiger partial charge in [-0.1, -0.05) is 42.1 Å². The molecule has 0 saturated carbocycles. The molecule has 5 nitrogen and oxygen atoms in total. The molecule has 3 aromatic rings. The molecular weight excluding hydrogens is 434 g/mol. The Hall–Kier alpha value is -1.80. The fraction of sp³-hybridized carbons (Fsp3) is 0.480. The summed E-state index contributed by atoms with van der Waals surface area (Å²) < 4.78 is 0. The summed E-state index contributed by atoms with van der Waals surface area (Å²) >= 11 is 3.62. The van der Waals surface area contributed by atoms with Gasteiger partial charge in [-0.05, 0) is 51.4 Å². The molecule has 2 fully saturated rings. The van der Waals surface area contributed by atoms with E-state index in [0.29, 0.717) is 5.92 Å². The topological polar surface area (TPSA) is 45.2 Å². The van der Waals surface area contributed by atoms with Gasteiger partial charge in [-0.25, -0.2) is 15.0 Å². The second-order valence-electron chi connectivity index (χ2n) is 8.73. The molecule has 4 heterocycles. The quantitative estimate of drug-likeness (QED) is 0.338. The summed E-state index contributed by atoms with van der Waals surface area (Å²) in [6.45, 7) is 6.85. The molecule has 1 aromatic carbocycles. The second kappa shape index (κ2) is 10.9. The first-order valence-corrected chi connectivity index (χ1v) is 13.5. The zero-order chi connectivity index (χ0) is 21.6. The van der Waals surface area contributed by atoms with Gasteiger partial charge in [0.15, 0.2) is 5.16 Å².